The normalized spacial score (nSPS) is 11.2. The Labute approximate surface area is 97.5 Å². The summed E-state index contributed by atoms with van der Waals surface area (Å²) in [7, 11) is 3.15. The summed E-state index contributed by atoms with van der Waals surface area (Å²) in [5.41, 5.74) is 2.05. The Morgan fingerprint density at radius 1 is 1.41 bits per heavy atom. The van der Waals surface area contributed by atoms with Crippen LogP contribution in [0.4, 0.5) is 5.69 Å². The number of H-pyrrole nitrogens is 1. The van der Waals surface area contributed by atoms with Crippen LogP contribution in [0.25, 0.3) is 11.1 Å². The van der Waals surface area contributed by atoms with Gasteiger partial charge in [0.1, 0.15) is 0 Å². The molecule has 0 unspecified atom stereocenters. The third-order valence-electron chi connectivity index (χ3n) is 2.42. The highest BCUT2D eigenvalue weighted by atomic mass is 16.7. The summed E-state index contributed by atoms with van der Waals surface area (Å²) in [5, 5.41) is 3.13. The van der Waals surface area contributed by atoms with Crippen molar-refractivity contribution in [3.63, 3.8) is 0 Å². The second-order valence-corrected chi connectivity index (χ2v) is 3.51. The van der Waals surface area contributed by atoms with Gasteiger partial charge in [0.2, 0.25) is 0 Å². The Kier molecular flexibility index (Phi) is 3.46. The number of oxazole rings is 1. The Hall–Kier alpha value is -1.79. The summed E-state index contributed by atoms with van der Waals surface area (Å²) >= 11 is 0. The fraction of sp³-hybridized carbons (Fsp3) is 0.364. The van der Waals surface area contributed by atoms with Gasteiger partial charge in [-0.1, -0.05) is 0 Å². The van der Waals surface area contributed by atoms with Crippen molar-refractivity contribution < 1.29 is 13.9 Å². The molecular weight excluding hydrogens is 224 g/mol. The molecular formula is C11H14N2O4. The third-order valence-corrected chi connectivity index (χ3v) is 2.42. The predicted molar refractivity (Wildman–Crippen MR) is 63.1 cm³/mol. The number of ether oxygens (including phenoxy) is 2. The lowest BCUT2D eigenvalue weighted by molar-refractivity contribution is -0.0914. The van der Waals surface area contributed by atoms with Crippen LogP contribution in [0, 0.1) is 0 Å². The monoisotopic (exact) mass is 238 g/mol. The smallest absolute Gasteiger partial charge is 0.408 e. The molecule has 2 aromatic rings. The number of aromatic amines is 1. The zero-order valence-corrected chi connectivity index (χ0v) is 9.65. The van der Waals surface area contributed by atoms with Gasteiger partial charge in [0, 0.05) is 19.9 Å². The minimum Gasteiger partial charge on any atom is -0.408 e. The molecule has 0 saturated carbocycles. The van der Waals surface area contributed by atoms with E-state index in [-0.39, 0.29) is 6.29 Å². The highest BCUT2D eigenvalue weighted by Gasteiger charge is 2.05. The Bertz CT molecular complexity index is 542. The van der Waals surface area contributed by atoms with Crippen LogP contribution in [0.2, 0.25) is 0 Å². The van der Waals surface area contributed by atoms with E-state index in [2.05, 4.69) is 10.3 Å². The molecule has 0 radical (unpaired) electrons. The molecule has 1 aromatic carbocycles. The summed E-state index contributed by atoms with van der Waals surface area (Å²) < 4.78 is 15.0. The average molecular weight is 238 g/mol. The second kappa shape index (κ2) is 5.03. The maximum atomic E-state index is 11.0. The van der Waals surface area contributed by atoms with Gasteiger partial charge in [-0.25, -0.2) is 4.79 Å². The number of hydrogen-bond acceptors (Lipinski definition) is 5. The maximum absolute atomic E-state index is 11.0. The van der Waals surface area contributed by atoms with Crippen molar-refractivity contribution in [2.45, 2.75) is 6.29 Å². The van der Waals surface area contributed by atoms with Crippen LogP contribution in [-0.4, -0.2) is 32.0 Å². The molecule has 6 nitrogen and oxygen atoms in total. The largest absolute Gasteiger partial charge is 0.417 e. The highest BCUT2D eigenvalue weighted by molar-refractivity contribution is 5.76. The number of hydrogen-bond donors (Lipinski definition) is 2. The van der Waals surface area contributed by atoms with Crippen molar-refractivity contribution in [3.8, 4) is 0 Å². The first-order valence-electron chi connectivity index (χ1n) is 5.15. The molecule has 0 spiro atoms. The maximum Gasteiger partial charge on any atom is 0.417 e. The molecule has 0 aliphatic rings. The van der Waals surface area contributed by atoms with E-state index in [0.717, 1.165) is 5.69 Å². The van der Waals surface area contributed by atoms with Crippen LogP contribution in [0.5, 0.6) is 0 Å². The molecule has 0 aliphatic heterocycles. The lowest BCUT2D eigenvalue weighted by Gasteiger charge is -2.14. The van der Waals surface area contributed by atoms with Crippen LogP contribution >= 0.6 is 0 Å². The van der Waals surface area contributed by atoms with Crippen LogP contribution in [0.15, 0.2) is 27.4 Å². The van der Waals surface area contributed by atoms with Gasteiger partial charge in [-0.3, -0.25) is 4.98 Å². The van der Waals surface area contributed by atoms with Gasteiger partial charge in [-0.2, -0.15) is 0 Å². The predicted octanol–water partition coefficient (Wildman–Crippen LogP) is 1.15. The Morgan fingerprint density at radius 2 is 2.18 bits per heavy atom. The van der Waals surface area contributed by atoms with Crippen LogP contribution < -0.4 is 11.1 Å². The summed E-state index contributed by atoms with van der Waals surface area (Å²) in [6, 6.07) is 5.34. The first-order valence-corrected chi connectivity index (χ1v) is 5.15. The van der Waals surface area contributed by atoms with Crippen LogP contribution in [0.3, 0.4) is 0 Å². The zero-order chi connectivity index (χ0) is 12.3. The van der Waals surface area contributed by atoms with E-state index in [9.17, 15) is 4.79 Å². The molecule has 1 heterocycles. The molecule has 0 bridgehead atoms. The second-order valence-electron chi connectivity index (χ2n) is 3.51. The number of nitrogens with one attached hydrogen (secondary N) is 2. The van der Waals surface area contributed by atoms with E-state index < -0.39 is 5.76 Å². The van der Waals surface area contributed by atoms with Crippen LogP contribution in [-0.2, 0) is 9.47 Å². The molecule has 0 amide bonds. The van der Waals surface area contributed by atoms with E-state index in [4.69, 9.17) is 13.9 Å². The Balaban J connectivity index is 2.11. The lowest BCUT2D eigenvalue weighted by atomic mass is 10.3. The van der Waals surface area contributed by atoms with Gasteiger partial charge in [-0.15, -0.1) is 0 Å². The molecule has 0 aliphatic carbocycles. The average Bonchev–Trinajstić information content (AvgIpc) is 2.69. The number of fused-ring (bicyclic) bond motifs is 1. The van der Waals surface area contributed by atoms with Crippen molar-refractivity contribution in [1.82, 2.24) is 4.98 Å². The minimum absolute atomic E-state index is 0.311. The highest BCUT2D eigenvalue weighted by Crippen LogP contribution is 2.16. The van der Waals surface area contributed by atoms with Crippen molar-refractivity contribution >= 4 is 16.8 Å². The molecule has 17 heavy (non-hydrogen) atoms. The van der Waals surface area contributed by atoms with Gasteiger partial charge in [-0.05, 0) is 18.2 Å². The van der Waals surface area contributed by atoms with Gasteiger partial charge in [0.25, 0.3) is 0 Å². The molecule has 1 aromatic heterocycles. The number of methoxy groups -OCH3 is 2. The van der Waals surface area contributed by atoms with E-state index in [1.54, 1.807) is 26.4 Å². The lowest BCUT2D eigenvalue weighted by Crippen LogP contribution is -2.23. The third kappa shape index (κ3) is 2.66. The number of benzene rings is 1. The molecule has 6 heteroatoms. The van der Waals surface area contributed by atoms with Crippen molar-refractivity contribution in [2.75, 3.05) is 26.1 Å². The quantitative estimate of drug-likeness (QED) is 0.764. The fourth-order valence-electron chi connectivity index (χ4n) is 1.53. The van der Waals surface area contributed by atoms with Crippen molar-refractivity contribution in [2.24, 2.45) is 0 Å². The van der Waals surface area contributed by atoms with Gasteiger partial charge in [0.15, 0.2) is 11.9 Å². The van der Waals surface area contributed by atoms with E-state index >= 15 is 0 Å². The summed E-state index contributed by atoms with van der Waals surface area (Å²) in [5.74, 6) is -0.455. The molecule has 0 saturated heterocycles. The molecule has 2 N–H and O–H groups in total. The van der Waals surface area contributed by atoms with E-state index in [1.165, 1.54) is 0 Å². The molecule has 92 valence electrons. The topological polar surface area (TPSA) is 76.5 Å². The molecule has 0 fully saturated rings. The minimum atomic E-state index is -0.455. The van der Waals surface area contributed by atoms with E-state index in [0.29, 0.717) is 17.6 Å². The van der Waals surface area contributed by atoms with Crippen LogP contribution in [0.1, 0.15) is 0 Å². The number of aromatic nitrogens is 1. The Morgan fingerprint density at radius 3 is 2.88 bits per heavy atom. The van der Waals surface area contributed by atoms with Crippen molar-refractivity contribution in [1.29, 1.82) is 0 Å². The van der Waals surface area contributed by atoms with Gasteiger partial charge in [0.05, 0.1) is 12.1 Å². The van der Waals surface area contributed by atoms with Gasteiger partial charge >= 0.3 is 5.76 Å². The number of anilines is 1. The van der Waals surface area contributed by atoms with Crippen molar-refractivity contribution in [3.05, 3.63) is 28.7 Å². The summed E-state index contributed by atoms with van der Waals surface area (Å²) in [4.78, 5) is 13.6. The summed E-state index contributed by atoms with van der Waals surface area (Å²) in [6.07, 6.45) is -0.311. The SMILES string of the molecule is COC(CNc1ccc2oc(=O)[nH]c2c1)OC. The first-order chi connectivity index (χ1) is 8.22. The first kappa shape index (κ1) is 11.7. The van der Waals surface area contributed by atoms with E-state index in [1.807, 2.05) is 6.07 Å². The zero-order valence-electron chi connectivity index (χ0n) is 9.65. The molecule has 0 atom stereocenters. The summed E-state index contributed by atoms with van der Waals surface area (Å²) in [6.45, 7) is 0.514. The molecule has 2 rings (SSSR count). The number of rotatable bonds is 5. The fourth-order valence-corrected chi connectivity index (χ4v) is 1.53. The van der Waals surface area contributed by atoms with Gasteiger partial charge < -0.3 is 19.2 Å². The standard InChI is InChI=1S/C11H14N2O4/c1-15-10(16-2)6-12-7-3-4-9-8(5-7)13-11(14)17-9/h3-5,10,12H,6H2,1-2H3,(H,13,14).